The van der Waals surface area contributed by atoms with Crippen LogP contribution in [0.5, 0.6) is 0 Å². The van der Waals surface area contributed by atoms with Crippen LogP contribution in [0, 0.1) is 0 Å². The summed E-state index contributed by atoms with van der Waals surface area (Å²) >= 11 is 0. The van der Waals surface area contributed by atoms with Gasteiger partial charge in [-0.2, -0.15) is 0 Å². The molecule has 0 spiro atoms. The van der Waals surface area contributed by atoms with E-state index in [0.717, 1.165) is 12.3 Å². The first-order valence-corrected chi connectivity index (χ1v) is 11.6. The van der Waals surface area contributed by atoms with E-state index in [-0.39, 0.29) is 0 Å². The summed E-state index contributed by atoms with van der Waals surface area (Å²) in [4.78, 5) is 65.8. The maximum absolute atomic E-state index is 11.7. The molecule has 0 aliphatic carbocycles. The summed E-state index contributed by atoms with van der Waals surface area (Å²) in [6, 6.07) is 0.898. The number of H-pyrrole nitrogens is 1. The normalized spacial score (nSPS) is 31.0. The van der Waals surface area contributed by atoms with Crippen LogP contribution in [-0.2, 0) is 31.6 Å². The smallest absolute Gasteiger partial charge is 0.330 e. The molecule has 1 aliphatic heterocycles. The fraction of sp³-hybridized carbons (Fsp3) is 0.556. The molecule has 3 unspecified atom stereocenters. The number of hydrogen-bond acceptors (Lipinski definition) is 14. The number of rotatable bonds is 8. The van der Waals surface area contributed by atoms with Crippen molar-refractivity contribution in [1.29, 1.82) is 0 Å². The van der Waals surface area contributed by atoms with Gasteiger partial charge in [-0.3, -0.25) is 28.0 Å². The third kappa shape index (κ3) is 6.73. The third-order valence-electron chi connectivity index (χ3n) is 3.26. The van der Waals surface area contributed by atoms with Crippen molar-refractivity contribution in [3.05, 3.63) is 33.1 Å². The average molecular weight is 481 g/mol. The molecule has 2 heterocycles. The standard InChI is InChI=1S/C9H15N2O15P3/c12-5-1-2-11(9(15)10-5)8-7(14)6(13)4(24-8)3-23-28(19,20)26-29(21,22)25-27(16,17)18/h1-2,4,6-8,13-14H,3H2,(H,19,20)(H,21,22)(H,10,12,15)(H2,16,17,18)/p-3/t4-,6-,7-,8-/m1/s1. The number of aromatic nitrogens is 2. The number of aliphatic hydroxyl groups is 2. The van der Waals surface area contributed by atoms with Crippen molar-refractivity contribution in [2.75, 3.05) is 6.61 Å². The molecule has 4 N–H and O–H groups in total. The van der Waals surface area contributed by atoms with Gasteiger partial charge in [-0.15, -0.1) is 0 Å². The van der Waals surface area contributed by atoms with Gasteiger partial charge in [0.05, 0.1) is 6.61 Å². The predicted octanol–water partition coefficient (Wildman–Crippen LogP) is -4.40. The number of aliphatic hydroxyl groups excluding tert-OH is 2. The molecule has 1 saturated heterocycles. The summed E-state index contributed by atoms with van der Waals surface area (Å²) in [6.45, 7) is -1.15. The van der Waals surface area contributed by atoms with E-state index in [1.165, 1.54) is 0 Å². The van der Waals surface area contributed by atoms with E-state index in [0.29, 0.717) is 4.57 Å². The van der Waals surface area contributed by atoms with Gasteiger partial charge in [0.1, 0.15) is 18.3 Å². The zero-order valence-corrected chi connectivity index (χ0v) is 16.4. The van der Waals surface area contributed by atoms with Crippen molar-refractivity contribution in [3.8, 4) is 0 Å². The molecular formula is C9H12N2O15P3-3. The van der Waals surface area contributed by atoms with Crippen LogP contribution in [0.15, 0.2) is 21.9 Å². The van der Waals surface area contributed by atoms with E-state index < -0.39 is 65.9 Å². The van der Waals surface area contributed by atoms with Gasteiger partial charge in [-0.1, -0.05) is 0 Å². The lowest BCUT2D eigenvalue weighted by molar-refractivity contribution is -0.250. The highest BCUT2D eigenvalue weighted by atomic mass is 31.3. The Bertz CT molecular complexity index is 997. The van der Waals surface area contributed by atoms with Crippen LogP contribution >= 0.6 is 23.5 Å². The fourth-order valence-electron chi connectivity index (χ4n) is 2.18. The average Bonchev–Trinajstić information content (AvgIpc) is 2.78. The second-order valence-corrected chi connectivity index (χ2v) is 9.68. The second kappa shape index (κ2) is 8.61. The number of phosphoric ester groups is 1. The van der Waals surface area contributed by atoms with E-state index in [4.69, 9.17) is 9.63 Å². The van der Waals surface area contributed by atoms with Crippen LogP contribution in [0.3, 0.4) is 0 Å². The van der Waals surface area contributed by atoms with Crippen LogP contribution in [-0.4, -0.2) is 49.6 Å². The Balaban J connectivity index is 2.06. The second-order valence-electron chi connectivity index (χ2n) is 5.39. The number of hydrogen-bond donors (Lipinski definition) is 4. The molecule has 0 aromatic carbocycles. The SMILES string of the molecule is O=c1ccn([C@@H]2O[C@H](COP(=O)([O-])OP(=O)([O-])OP(=O)([O-])O)[C@@H](O)[C@H]2O)c(=O)[nH]1. The number of nitrogens with one attached hydrogen (secondary N) is 1. The van der Waals surface area contributed by atoms with Gasteiger partial charge in [0, 0.05) is 12.3 Å². The van der Waals surface area contributed by atoms with Gasteiger partial charge in [0.15, 0.2) is 6.23 Å². The van der Waals surface area contributed by atoms with Crippen molar-refractivity contribution in [1.82, 2.24) is 9.55 Å². The molecule has 7 atom stereocenters. The van der Waals surface area contributed by atoms with Gasteiger partial charge >= 0.3 is 5.69 Å². The first-order chi connectivity index (χ1) is 13.1. The highest BCUT2D eigenvalue weighted by molar-refractivity contribution is 7.65. The third-order valence-corrected chi connectivity index (χ3v) is 6.95. The molecule has 0 amide bonds. The molecule has 0 saturated carbocycles. The lowest BCUT2D eigenvalue weighted by Gasteiger charge is -2.33. The molecule has 1 aromatic rings. The maximum Gasteiger partial charge on any atom is 0.330 e. The van der Waals surface area contributed by atoms with Crippen molar-refractivity contribution in [2.45, 2.75) is 24.5 Å². The van der Waals surface area contributed by atoms with Crippen LogP contribution in [0.1, 0.15) is 6.23 Å². The lowest BCUT2D eigenvalue weighted by atomic mass is 10.1. The number of aromatic amines is 1. The Kier molecular flexibility index (Phi) is 7.20. The van der Waals surface area contributed by atoms with Gasteiger partial charge < -0.3 is 39.0 Å². The summed E-state index contributed by atoms with van der Waals surface area (Å²) in [5.41, 5.74) is -1.79. The van der Waals surface area contributed by atoms with Crippen LogP contribution in [0.2, 0.25) is 0 Å². The van der Waals surface area contributed by atoms with E-state index >= 15 is 0 Å². The van der Waals surface area contributed by atoms with Crippen molar-refractivity contribution in [2.24, 2.45) is 0 Å². The lowest BCUT2D eigenvalue weighted by Crippen LogP contribution is -2.37. The molecule has 20 heteroatoms. The summed E-state index contributed by atoms with van der Waals surface area (Å²) in [5.74, 6) is 0. The van der Waals surface area contributed by atoms with Crippen molar-refractivity contribution < 1.29 is 61.4 Å². The summed E-state index contributed by atoms with van der Waals surface area (Å²) < 4.78 is 49.3. The largest absolute Gasteiger partial charge is 0.756 e. The summed E-state index contributed by atoms with van der Waals surface area (Å²) in [6.07, 6.45) is -5.93. The number of nitrogens with zero attached hydrogens (tertiary/aromatic N) is 1. The van der Waals surface area contributed by atoms with E-state index in [2.05, 4.69) is 13.1 Å². The predicted molar refractivity (Wildman–Crippen MR) is 80.4 cm³/mol. The van der Waals surface area contributed by atoms with Gasteiger partial charge in [-0.05, 0) is 0 Å². The van der Waals surface area contributed by atoms with Gasteiger partial charge in [0.2, 0.25) is 0 Å². The highest BCUT2D eigenvalue weighted by Gasteiger charge is 2.44. The van der Waals surface area contributed by atoms with Crippen molar-refractivity contribution in [3.63, 3.8) is 0 Å². The molecule has 29 heavy (non-hydrogen) atoms. The molecule has 0 radical (unpaired) electrons. The zero-order valence-electron chi connectivity index (χ0n) is 13.7. The molecule has 166 valence electrons. The number of ether oxygens (including phenoxy) is 1. The fourth-order valence-corrected chi connectivity index (χ4v) is 5.07. The summed E-state index contributed by atoms with van der Waals surface area (Å²) in [5, 5.41) is 19.8. The highest BCUT2D eigenvalue weighted by Crippen LogP contribution is 2.61. The zero-order chi connectivity index (χ0) is 22.2. The monoisotopic (exact) mass is 481 g/mol. The van der Waals surface area contributed by atoms with Gasteiger partial charge in [-0.25, -0.2) is 13.4 Å². The topological polar surface area (TPSA) is 273 Å². The van der Waals surface area contributed by atoms with Crippen LogP contribution in [0.25, 0.3) is 0 Å². The minimum absolute atomic E-state index is 0.676. The van der Waals surface area contributed by atoms with Crippen LogP contribution in [0.4, 0.5) is 0 Å². The molecule has 0 bridgehead atoms. The van der Waals surface area contributed by atoms with Gasteiger partial charge in [0.25, 0.3) is 29.0 Å². The Hall–Kier alpha value is -1.03. The molecule has 1 aromatic heterocycles. The Morgan fingerprint density at radius 1 is 1.10 bits per heavy atom. The molecule has 1 fully saturated rings. The maximum atomic E-state index is 11.7. The summed E-state index contributed by atoms with van der Waals surface area (Å²) in [7, 11) is -17.8. The molecule has 2 rings (SSSR count). The Morgan fingerprint density at radius 2 is 1.72 bits per heavy atom. The Morgan fingerprint density at radius 3 is 2.28 bits per heavy atom. The number of phosphoric acid groups is 3. The minimum Gasteiger partial charge on any atom is -0.756 e. The molecule has 1 aliphatic rings. The first-order valence-electron chi connectivity index (χ1n) is 7.16. The van der Waals surface area contributed by atoms with E-state index in [1.54, 1.807) is 0 Å². The van der Waals surface area contributed by atoms with E-state index in [9.17, 15) is 48.2 Å². The quantitative estimate of drug-likeness (QED) is 0.255. The minimum atomic E-state index is -6.10. The molecular weight excluding hydrogens is 469 g/mol. The van der Waals surface area contributed by atoms with E-state index in [1.807, 2.05) is 4.98 Å². The molecule has 17 nitrogen and oxygen atoms in total. The first kappa shape index (κ1) is 24.2. The van der Waals surface area contributed by atoms with Crippen LogP contribution < -0.4 is 25.9 Å². The Labute approximate surface area is 159 Å². The van der Waals surface area contributed by atoms with Crippen molar-refractivity contribution >= 4 is 23.5 Å².